The Labute approximate surface area is 121 Å². The first-order chi connectivity index (χ1) is 10.3. The Morgan fingerprint density at radius 1 is 1.05 bits per heavy atom. The number of anilines is 2. The largest absolute Gasteiger partial charge is 0.308 e. The number of nitrogens with two attached hydrogens (primary N) is 1. The van der Waals surface area contributed by atoms with Gasteiger partial charge < -0.3 is 10.7 Å². The third-order valence-corrected chi connectivity index (χ3v) is 3.02. The minimum absolute atomic E-state index is 0.260. The lowest BCUT2D eigenvalue weighted by molar-refractivity contribution is 0.102. The second-order valence-corrected chi connectivity index (χ2v) is 4.39. The van der Waals surface area contributed by atoms with Gasteiger partial charge in [-0.25, -0.2) is 15.8 Å². The van der Waals surface area contributed by atoms with Crippen LogP contribution in [0.1, 0.15) is 10.4 Å². The van der Waals surface area contributed by atoms with Crippen molar-refractivity contribution < 1.29 is 4.79 Å². The number of hydrogen-bond acceptors (Lipinski definition) is 5. The predicted molar refractivity (Wildman–Crippen MR) is 81.7 cm³/mol. The molecule has 4 N–H and O–H groups in total. The number of nitrogens with zero attached hydrogens (tertiary/aromatic N) is 2. The van der Waals surface area contributed by atoms with Gasteiger partial charge in [0.15, 0.2) is 0 Å². The van der Waals surface area contributed by atoms with Gasteiger partial charge in [-0.3, -0.25) is 4.79 Å². The van der Waals surface area contributed by atoms with E-state index >= 15 is 0 Å². The molecule has 1 aromatic carbocycles. The molecule has 2 aromatic heterocycles. The molecule has 21 heavy (non-hydrogen) atoms. The number of nitrogens with one attached hydrogen (secondary N) is 2. The van der Waals surface area contributed by atoms with Gasteiger partial charge in [-0.05, 0) is 24.3 Å². The molecule has 3 rings (SSSR count). The number of carbonyl (C=O) groups is 1. The number of carbonyl (C=O) groups excluding carboxylic acids is 1. The number of amides is 1. The molecule has 0 bridgehead atoms. The van der Waals surface area contributed by atoms with Crippen molar-refractivity contribution in [2.45, 2.75) is 0 Å². The lowest BCUT2D eigenvalue weighted by Crippen LogP contribution is -2.15. The Kier molecular flexibility index (Phi) is 3.44. The maximum Gasteiger partial charge on any atom is 0.257 e. The van der Waals surface area contributed by atoms with Crippen LogP contribution in [0, 0.1) is 0 Å². The first-order valence-corrected chi connectivity index (χ1v) is 6.37. The molecule has 0 atom stereocenters. The maximum atomic E-state index is 12.4. The fourth-order valence-corrected chi connectivity index (χ4v) is 2.06. The zero-order chi connectivity index (χ0) is 14.7. The molecule has 6 heteroatoms. The molecule has 0 saturated carbocycles. The van der Waals surface area contributed by atoms with E-state index in [1.54, 1.807) is 30.5 Å². The Morgan fingerprint density at radius 3 is 2.62 bits per heavy atom. The van der Waals surface area contributed by atoms with Crippen molar-refractivity contribution in [3.8, 4) is 0 Å². The fraction of sp³-hybridized carbons (Fsp3) is 0. The van der Waals surface area contributed by atoms with Gasteiger partial charge in [-0.1, -0.05) is 24.3 Å². The molecule has 0 fully saturated rings. The molecule has 3 aromatic rings. The lowest BCUT2D eigenvalue weighted by atomic mass is 10.1. The first-order valence-electron chi connectivity index (χ1n) is 6.37. The SMILES string of the molecule is NNc1cc(C(=O)Nc2ccccn2)c2ccccc2n1. The summed E-state index contributed by atoms with van der Waals surface area (Å²) in [5.41, 5.74) is 3.65. The minimum Gasteiger partial charge on any atom is -0.308 e. The monoisotopic (exact) mass is 279 g/mol. The summed E-state index contributed by atoms with van der Waals surface area (Å²) >= 11 is 0. The van der Waals surface area contributed by atoms with Crippen LogP contribution in [0.2, 0.25) is 0 Å². The molecule has 1 amide bonds. The Bertz CT molecular complexity index is 788. The summed E-state index contributed by atoms with van der Waals surface area (Å²) in [7, 11) is 0. The van der Waals surface area contributed by atoms with Crippen LogP contribution < -0.4 is 16.6 Å². The van der Waals surface area contributed by atoms with Crippen LogP contribution in [0.25, 0.3) is 10.9 Å². The first kappa shape index (κ1) is 13.0. The van der Waals surface area contributed by atoms with Crippen LogP contribution in [0.5, 0.6) is 0 Å². The Morgan fingerprint density at radius 2 is 1.86 bits per heavy atom. The van der Waals surface area contributed by atoms with Crippen LogP contribution in [0.3, 0.4) is 0 Å². The summed E-state index contributed by atoms with van der Waals surface area (Å²) in [6, 6.07) is 14.3. The van der Waals surface area contributed by atoms with Gasteiger partial charge in [0, 0.05) is 11.6 Å². The van der Waals surface area contributed by atoms with E-state index in [1.165, 1.54) is 0 Å². The third kappa shape index (κ3) is 2.65. The van der Waals surface area contributed by atoms with Gasteiger partial charge in [-0.2, -0.15) is 0 Å². The number of benzene rings is 1. The average Bonchev–Trinajstić information content (AvgIpc) is 2.54. The highest BCUT2D eigenvalue weighted by atomic mass is 16.1. The van der Waals surface area contributed by atoms with Crippen LogP contribution in [0.15, 0.2) is 54.7 Å². The predicted octanol–water partition coefficient (Wildman–Crippen LogP) is 2.17. The molecule has 0 spiro atoms. The van der Waals surface area contributed by atoms with Gasteiger partial charge in [-0.15, -0.1) is 0 Å². The van der Waals surface area contributed by atoms with E-state index in [-0.39, 0.29) is 5.91 Å². The second kappa shape index (κ2) is 5.56. The minimum atomic E-state index is -0.260. The quantitative estimate of drug-likeness (QED) is 0.504. The number of para-hydroxylation sites is 1. The topological polar surface area (TPSA) is 92.9 Å². The number of hydrazine groups is 1. The summed E-state index contributed by atoms with van der Waals surface area (Å²) in [4.78, 5) is 20.8. The average molecular weight is 279 g/mol. The lowest BCUT2D eigenvalue weighted by Gasteiger charge is -2.09. The summed E-state index contributed by atoms with van der Waals surface area (Å²) < 4.78 is 0. The number of aromatic nitrogens is 2. The molecular weight excluding hydrogens is 266 g/mol. The summed E-state index contributed by atoms with van der Waals surface area (Å²) in [5.74, 6) is 6.07. The van der Waals surface area contributed by atoms with Gasteiger partial charge in [0.1, 0.15) is 11.6 Å². The van der Waals surface area contributed by atoms with E-state index in [4.69, 9.17) is 5.84 Å². The number of rotatable bonds is 3. The summed E-state index contributed by atoms with van der Waals surface area (Å²) in [6.07, 6.45) is 1.62. The normalized spacial score (nSPS) is 10.3. The van der Waals surface area contributed by atoms with Crippen LogP contribution in [-0.4, -0.2) is 15.9 Å². The summed E-state index contributed by atoms with van der Waals surface area (Å²) in [6.45, 7) is 0. The number of pyridine rings is 2. The third-order valence-electron chi connectivity index (χ3n) is 3.02. The van der Waals surface area contributed by atoms with Crippen molar-refractivity contribution >= 4 is 28.4 Å². The highest BCUT2D eigenvalue weighted by Crippen LogP contribution is 2.21. The number of hydrogen-bond donors (Lipinski definition) is 3. The molecule has 0 unspecified atom stereocenters. The van der Waals surface area contributed by atoms with Gasteiger partial charge in [0.2, 0.25) is 0 Å². The van der Waals surface area contributed by atoms with Crippen LogP contribution >= 0.6 is 0 Å². The molecule has 0 aliphatic carbocycles. The van der Waals surface area contributed by atoms with E-state index in [9.17, 15) is 4.79 Å². The standard InChI is InChI=1S/C15H13N5O/c16-20-14-9-11(10-5-1-2-6-12(10)18-14)15(21)19-13-7-3-4-8-17-13/h1-9H,16H2,(H,18,20)(H,17,19,21). The Balaban J connectivity index is 2.04. The van der Waals surface area contributed by atoms with E-state index < -0.39 is 0 Å². The Hall–Kier alpha value is -2.99. The van der Waals surface area contributed by atoms with Crippen LogP contribution in [-0.2, 0) is 0 Å². The zero-order valence-corrected chi connectivity index (χ0v) is 11.1. The number of fused-ring (bicyclic) bond motifs is 1. The van der Waals surface area contributed by atoms with Crippen molar-refractivity contribution in [2.24, 2.45) is 5.84 Å². The number of nitrogen functional groups attached to an aromatic ring is 1. The van der Waals surface area contributed by atoms with Crippen LogP contribution in [0.4, 0.5) is 11.6 Å². The van der Waals surface area contributed by atoms with Crippen molar-refractivity contribution in [1.29, 1.82) is 0 Å². The highest BCUT2D eigenvalue weighted by Gasteiger charge is 2.13. The molecule has 2 heterocycles. The van der Waals surface area contributed by atoms with Gasteiger partial charge in [0.05, 0.1) is 11.1 Å². The summed E-state index contributed by atoms with van der Waals surface area (Å²) in [5, 5.41) is 3.51. The van der Waals surface area contributed by atoms with Crippen molar-refractivity contribution in [2.75, 3.05) is 10.7 Å². The van der Waals surface area contributed by atoms with Gasteiger partial charge in [0.25, 0.3) is 5.91 Å². The molecular formula is C15H13N5O. The molecule has 0 aliphatic heterocycles. The zero-order valence-electron chi connectivity index (χ0n) is 11.1. The molecule has 0 radical (unpaired) electrons. The van der Waals surface area contributed by atoms with Crippen molar-refractivity contribution in [1.82, 2.24) is 9.97 Å². The van der Waals surface area contributed by atoms with E-state index in [0.717, 1.165) is 5.39 Å². The smallest absolute Gasteiger partial charge is 0.257 e. The molecule has 0 aliphatic rings. The molecule has 0 saturated heterocycles. The highest BCUT2D eigenvalue weighted by molar-refractivity contribution is 6.12. The second-order valence-electron chi connectivity index (χ2n) is 4.39. The molecule has 6 nitrogen and oxygen atoms in total. The van der Waals surface area contributed by atoms with E-state index in [0.29, 0.717) is 22.7 Å². The van der Waals surface area contributed by atoms with Crippen molar-refractivity contribution in [3.05, 3.63) is 60.3 Å². The van der Waals surface area contributed by atoms with Gasteiger partial charge >= 0.3 is 0 Å². The van der Waals surface area contributed by atoms with Crippen molar-refractivity contribution in [3.63, 3.8) is 0 Å². The van der Waals surface area contributed by atoms with E-state index in [2.05, 4.69) is 20.7 Å². The fourth-order valence-electron chi connectivity index (χ4n) is 2.06. The maximum absolute atomic E-state index is 12.4. The van der Waals surface area contributed by atoms with E-state index in [1.807, 2.05) is 24.3 Å². The molecule has 104 valence electrons.